The van der Waals surface area contributed by atoms with E-state index in [9.17, 15) is 0 Å². The molecule has 1 saturated heterocycles. The van der Waals surface area contributed by atoms with E-state index >= 15 is 0 Å². The average molecular weight is 199 g/mol. The highest BCUT2D eigenvalue weighted by atomic mass is 15.2. The Labute approximate surface area is 90.9 Å². The van der Waals surface area contributed by atoms with E-state index in [0.29, 0.717) is 0 Å². The predicted molar refractivity (Wildman–Crippen MR) is 65.7 cm³/mol. The number of rotatable bonds is 1. The molecule has 0 spiro atoms. The van der Waals surface area contributed by atoms with Crippen LogP contribution in [0.15, 0.2) is 0 Å². The largest absolute Gasteiger partial charge is 0.300 e. The Bertz CT molecular complexity index is 127. The Hall–Kier alpha value is -0.0400. The van der Waals surface area contributed by atoms with Gasteiger partial charge in [0.2, 0.25) is 0 Å². The summed E-state index contributed by atoms with van der Waals surface area (Å²) >= 11 is 0. The van der Waals surface area contributed by atoms with Crippen molar-refractivity contribution in [3.05, 3.63) is 0 Å². The lowest BCUT2D eigenvalue weighted by Crippen LogP contribution is -2.30. The van der Waals surface area contributed by atoms with E-state index in [1.54, 1.807) is 0 Å². The fourth-order valence-electron chi connectivity index (χ4n) is 2.57. The first-order valence-electron chi connectivity index (χ1n) is 6.10. The molecule has 0 radical (unpaired) electrons. The molecule has 0 bridgehead atoms. The molecular formula is C13H29N. The van der Waals surface area contributed by atoms with Gasteiger partial charge in [0.25, 0.3) is 0 Å². The van der Waals surface area contributed by atoms with Gasteiger partial charge in [-0.15, -0.1) is 0 Å². The molecule has 2 rings (SSSR count). The third-order valence-corrected chi connectivity index (χ3v) is 3.30. The van der Waals surface area contributed by atoms with Crippen molar-refractivity contribution in [2.45, 2.75) is 66.3 Å². The quantitative estimate of drug-likeness (QED) is 0.618. The van der Waals surface area contributed by atoms with Crippen molar-refractivity contribution in [3.63, 3.8) is 0 Å². The van der Waals surface area contributed by atoms with Gasteiger partial charge in [-0.1, -0.05) is 41.0 Å². The lowest BCUT2D eigenvalue weighted by atomic mass is 10.2. The fourth-order valence-corrected chi connectivity index (χ4v) is 2.57. The topological polar surface area (TPSA) is 3.24 Å². The van der Waals surface area contributed by atoms with Gasteiger partial charge in [-0.3, -0.25) is 0 Å². The van der Waals surface area contributed by atoms with Crippen molar-refractivity contribution >= 4 is 0 Å². The van der Waals surface area contributed by atoms with E-state index in [4.69, 9.17) is 0 Å². The highest BCUT2D eigenvalue weighted by Gasteiger charge is 2.27. The molecule has 2 fully saturated rings. The molecule has 0 amide bonds. The Morgan fingerprint density at radius 1 is 1.00 bits per heavy atom. The molecule has 0 aromatic carbocycles. The lowest BCUT2D eigenvalue weighted by molar-refractivity contribution is 0.239. The van der Waals surface area contributed by atoms with E-state index in [2.05, 4.69) is 11.8 Å². The molecule has 1 nitrogen and oxygen atoms in total. The van der Waals surface area contributed by atoms with Gasteiger partial charge < -0.3 is 4.90 Å². The van der Waals surface area contributed by atoms with Gasteiger partial charge in [-0.05, 0) is 31.7 Å². The molecule has 0 aromatic rings. The van der Waals surface area contributed by atoms with Crippen molar-refractivity contribution in [2.24, 2.45) is 5.92 Å². The first-order valence-corrected chi connectivity index (χ1v) is 6.10. The van der Waals surface area contributed by atoms with E-state index in [0.717, 1.165) is 12.0 Å². The molecule has 14 heavy (non-hydrogen) atoms. The smallest absolute Gasteiger partial charge is 0.00953 e. The van der Waals surface area contributed by atoms with Crippen molar-refractivity contribution in [2.75, 3.05) is 13.1 Å². The van der Waals surface area contributed by atoms with Crippen molar-refractivity contribution in [1.29, 1.82) is 0 Å². The standard InChI is InChI=1S/C10H19N.C2H6.CH4/c1-9-6-7-11(8-9)10-4-2-3-5-10;1-2;/h9-10H,2-8H2,1H3;1-2H3;1H4/t9-;;/m1../s1. The van der Waals surface area contributed by atoms with Gasteiger partial charge in [0, 0.05) is 12.6 Å². The number of hydrogen-bond acceptors (Lipinski definition) is 1. The molecular weight excluding hydrogens is 170 g/mol. The van der Waals surface area contributed by atoms with Crippen LogP contribution in [-0.2, 0) is 0 Å². The van der Waals surface area contributed by atoms with Crippen LogP contribution in [0.1, 0.15) is 60.3 Å². The molecule has 0 N–H and O–H groups in total. The van der Waals surface area contributed by atoms with E-state index in [1.165, 1.54) is 45.2 Å². The van der Waals surface area contributed by atoms with Crippen LogP contribution in [0.5, 0.6) is 0 Å². The van der Waals surface area contributed by atoms with E-state index in [-0.39, 0.29) is 7.43 Å². The van der Waals surface area contributed by atoms with Crippen LogP contribution in [0, 0.1) is 5.92 Å². The summed E-state index contributed by atoms with van der Waals surface area (Å²) < 4.78 is 0. The van der Waals surface area contributed by atoms with Crippen LogP contribution >= 0.6 is 0 Å². The van der Waals surface area contributed by atoms with Crippen LogP contribution in [0.25, 0.3) is 0 Å². The second-order valence-corrected chi connectivity index (χ2v) is 4.33. The minimum Gasteiger partial charge on any atom is -0.300 e. The summed E-state index contributed by atoms with van der Waals surface area (Å²) in [5.74, 6) is 0.968. The zero-order chi connectivity index (χ0) is 9.68. The van der Waals surface area contributed by atoms with Gasteiger partial charge in [0.05, 0.1) is 0 Å². The van der Waals surface area contributed by atoms with Gasteiger partial charge in [-0.25, -0.2) is 0 Å². The Morgan fingerprint density at radius 3 is 2.00 bits per heavy atom. The summed E-state index contributed by atoms with van der Waals surface area (Å²) in [6.45, 7) is 9.14. The van der Waals surface area contributed by atoms with Crippen LogP contribution in [-0.4, -0.2) is 24.0 Å². The van der Waals surface area contributed by atoms with E-state index in [1.807, 2.05) is 13.8 Å². The van der Waals surface area contributed by atoms with Crippen molar-refractivity contribution in [1.82, 2.24) is 4.90 Å². The van der Waals surface area contributed by atoms with Gasteiger partial charge in [0.15, 0.2) is 0 Å². The molecule has 1 heteroatoms. The fraction of sp³-hybridized carbons (Fsp3) is 1.00. The van der Waals surface area contributed by atoms with Crippen LogP contribution in [0.4, 0.5) is 0 Å². The zero-order valence-electron chi connectivity index (χ0n) is 9.55. The average Bonchev–Trinajstić information content (AvgIpc) is 2.77. The summed E-state index contributed by atoms with van der Waals surface area (Å²) in [7, 11) is 0. The maximum absolute atomic E-state index is 2.72. The third-order valence-electron chi connectivity index (χ3n) is 3.30. The van der Waals surface area contributed by atoms with Gasteiger partial charge in [-0.2, -0.15) is 0 Å². The van der Waals surface area contributed by atoms with E-state index < -0.39 is 0 Å². The third kappa shape index (κ3) is 3.61. The molecule has 2 aliphatic rings. The van der Waals surface area contributed by atoms with Gasteiger partial charge in [0.1, 0.15) is 0 Å². The Morgan fingerprint density at radius 2 is 1.57 bits per heavy atom. The minimum atomic E-state index is 0. The normalized spacial score (nSPS) is 28.1. The summed E-state index contributed by atoms with van der Waals surface area (Å²) in [5.41, 5.74) is 0. The van der Waals surface area contributed by atoms with Crippen LogP contribution in [0.2, 0.25) is 0 Å². The summed E-state index contributed by atoms with van der Waals surface area (Å²) in [5, 5.41) is 0. The highest BCUT2D eigenvalue weighted by molar-refractivity contribution is 4.82. The lowest BCUT2D eigenvalue weighted by Gasteiger charge is -2.22. The molecule has 0 unspecified atom stereocenters. The number of likely N-dealkylation sites (tertiary alicyclic amines) is 1. The summed E-state index contributed by atoms with van der Waals surface area (Å²) in [6, 6.07) is 0.972. The SMILES string of the molecule is C.CC.C[C@@H]1CCN(C2CCCC2)C1. The maximum Gasteiger partial charge on any atom is 0.00953 e. The zero-order valence-corrected chi connectivity index (χ0v) is 9.55. The molecule has 86 valence electrons. The monoisotopic (exact) mass is 199 g/mol. The predicted octanol–water partition coefficient (Wildman–Crippen LogP) is 3.93. The molecule has 1 aliphatic carbocycles. The number of hydrogen-bond donors (Lipinski definition) is 0. The molecule has 1 heterocycles. The molecule has 1 saturated carbocycles. The maximum atomic E-state index is 2.72. The summed E-state index contributed by atoms with van der Waals surface area (Å²) in [6.07, 6.45) is 7.36. The van der Waals surface area contributed by atoms with Crippen molar-refractivity contribution < 1.29 is 0 Å². The van der Waals surface area contributed by atoms with Crippen LogP contribution < -0.4 is 0 Å². The molecule has 1 aliphatic heterocycles. The molecule has 1 atom stereocenters. The second kappa shape index (κ2) is 7.28. The second-order valence-electron chi connectivity index (χ2n) is 4.33. The first kappa shape index (κ1) is 14.0. The first-order chi connectivity index (χ1) is 6.36. The Balaban J connectivity index is 0.000000531. The van der Waals surface area contributed by atoms with Crippen molar-refractivity contribution in [3.8, 4) is 0 Å². The number of nitrogens with zero attached hydrogens (tertiary/aromatic N) is 1. The highest BCUT2D eigenvalue weighted by Crippen LogP contribution is 2.27. The van der Waals surface area contributed by atoms with Gasteiger partial charge >= 0.3 is 0 Å². The minimum absolute atomic E-state index is 0. The summed E-state index contributed by atoms with van der Waals surface area (Å²) in [4.78, 5) is 2.72. The molecule has 0 aromatic heterocycles. The Kier molecular flexibility index (Phi) is 7.26. The van der Waals surface area contributed by atoms with Crippen LogP contribution in [0.3, 0.4) is 0 Å².